The summed E-state index contributed by atoms with van der Waals surface area (Å²) >= 11 is 1.56. The Morgan fingerprint density at radius 3 is 3.12 bits per heavy atom. The maximum Gasteiger partial charge on any atom is 0.270 e. The third-order valence-electron chi connectivity index (χ3n) is 2.92. The van der Waals surface area contributed by atoms with E-state index in [1.165, 1.54) is 6.42 Å². The fourth-order valence-electron chi connectivity index (χ4n) is 1.89. The molecule has 1 aliphatic rings. The van der Waals surface area contributed by atoms with Crippen LogP contribution in [0.4, 0.5) is 0 Å². The molecular formula is C12H19N3OS. The van der Waals surface area contributed by atoms with Crippen LogP contribution < -0.4 is 10.6 Å². The maximum atomic E-state index is 11.8. The molecule has 1 saturated heterocycles. The monoisotopic (exact) mass is 253 g/mol. The van der Waals surface area contributed by atoms with E-state index in [2.05, 4.69) is 29.5 Å². The number of hydrogen-bond donors (Lipinski definition) is 2. The number of hydrogen-bond acceptors (Lipinski definition) is 4. The van der Waals surface area contributed by atoms with Gasteiger partial charge in [0.1, 0.15) is 5.69 Å². The zero-order valence-corrected chi connectivity index (χ0v) is 11.1. The minimum absolute atomic E-state index is 0.0538. The third kappa shape index (κ3) is 3.26. The van der Waals surface area contributed by atoms with Crippen LogP contribution in [-0.4, -0.2) is 30.0 Å². The van der Waals surface area contributed by atoms with E-state index in [9.17, 15) is 4.79 Å². The standard InChI is InChI=1S/C12H19N3OS/c1-8(2)12-15-10(7-17-12)11(16)14-6-9-4-3-5-13-9/h7-9,13H,3-6H2,1-2H3,(H,14,16). The molecule has 0 saturated carbocycles. The molecule has 1 unspecified atom stereocenters. The lowest BCUT2D eigenvalue weighted by Gasteiger charge is -2.10. The molecule has 0 spiro atoms. The van der Waals surface area contributed by atoms with E-state index < -0.39 is 0 Å². The quantitative estimate of drug-likeness (QED) is 0.859. The summed E-state index contributed by atoms with van der Waals surface area (Å²) in [5.74, 6) is 0.333. The highest BCUT2D eigenvalue weighted by Gasteiger charge is 2.17. The van der Waals surface area contributed by atoms with Gasteiger partial charge in [0.2, 0.25) is 0 Å². The van der Waals surface area contributed by atoms with Crippen molar-refractivity contribution in [2.24, 2.45) is 0 Å². The number of nitrogens with zero attached hydrogens (tertiary/aromatic N) is 1. The van der Waals surface area contributed by atoms with E-state index >= 15 is 0 Å². The molecule has 0 aromatic carbocycles. The molecule has 1 amide bonds. The van der Waals surface area contributed by atoms with Gasteiger partial charge in [0.05, 0.1) is 5.01 Å². The van der Waals surface area contributed by atoms with Crippen LogP contribution in [0.5, 0.6) is 0 Å². The van der Waals surface area contributed by atoms with Gasteiger partial charge in [-0.25, -0.2) is 4.98 Å². The van der Waals surface area contributed by atoms with Gasteiger partial charge < -0.3 is 10.6 Å². The molecule has 1 aromatic rings. The predicted octanol–water partition coefficient (Wildman–Crippen LogP) is 1.75. The van der Waals surface area contributed by atoms with E-state index in [0.29, 0.717) is 24.2 Å². The Hall–Kier alpha value is -0.940. The number of thiazole rings is 1. The molecule has 0 bridgehead atoms. The van der Waals surface area contributed by atoms with E-state index in [1.54, 1.807) is 11.3 Å². The number of rotatable bonds is 4. The molecule has 1 fully saturated rings. The third-order valence-corrected chi connectivity index (χ3v) is 4.07. The zero-order chi connectivity index (χ0) is 12.3. The second-order valence-electron chi connectivity index (χ2n) is 4.73. The van der Waals surface area contributed by atoms with Gasteiger partial charge in [-0.3, -0.25) is 4.79 Å². The summed E-state index contributed by atoms with van der Waals surface area (Å²) in [5.41, 5.74) is 0.552. The lowest BCUT2D eigenvalue weighted by atomic mass is 10.2. The maximum absolute atomic E-state index is 11.8. The van der Waals surface area contributed by atoms with E-state index in [4.69, 9.17) is 0 Å². The normalized spacial score (nSPS) is 19.8. The first-order valence-corrected chi connectivity index (χ1v) is 7.02. The number of carbonyl (C=O) groups excluding carboxylic acids is 1. The molecule has 0 radical (unpaired) electrons. The Labute approximate surface area is 106 Å². The summed E-state index contributed by atoms with van der Waals surface area (Å²) in [7, 11) is 0. The van der Waals surface area contributed by atoms with Crippen molar-refractivity contribution in [1.29, 1.82) is 0 Å². The van der Waals surface area contributed by atoms with Crippen molar-refractivity contribution < 1.29 is 4.79 Å². The van der Waals surface area contributed by atoms with Crippen LogP contribution in [0, 0.1) is 0 Å². The number of nitrogens with one attached hydrogen (secondary N) is 2. The lowest BCUT2D eigenvalue weighted by molar-refractivity contribution is 0.0946. The Kier molecular flexibility index (Phi) is 4.12. The molecule has 94 valence electrons. The summed E-state index contributed by atoms with van der Waals surface area (Å²) in [6, 6.07) is 0.433. The molecule has 2 heterocycles. The first-order chi connectivity index (χ1) is 8.16. The molecular weight excluding hydrogens is 234 g/mol. The number of carbonyl (C=O) groups is 1. The van der Waals surface area contributed by atoms with Crippen LogP contribution in [0.1, 0.15) is 48.1 Å². The molecule has 2 rings (SSSR count). The van der Waals surface area contributed by atoms with Crippen molar-refractivity contribution in [2.45, 2.75) is 38.6 Å². The Balaban J connectivity index is 1.85. The van der Waals surface area contributed by atoms with E-state index in [0.717, 1.165) is 18.0 Å². The van der Waals surface area contributed by atoms with Gasteiger partial charge in [-0.05, 0) is 19.4 Å². The highest BCUT2D eigenvalue weighted by Crippen LogP contribution is 2.19. The molecule has 5 heteroatoms. The topological polar surface area (TPSA) is 54.0 Å². The molecule has 1 atom stereocenters. The second-order valence-corrected chi connectivity index (χ2v) is 5.62. The summed E-state index contributed by atoms with van der Waals surface area (Å²) in [5, 5.41) is 9.15. The van der Waals surface area contributed by atoms with Crippen molar-refractivity contribution >= 4 is 17.2 Å². The second kappa shape index (κ2) is 5.60. The minimum atomic E-state index is -0.0538. The fraction of sp³-hybridized carbons (Fsp3) is 0.667. The Morgan fingerprint density at radius 1 is 1.71 bits per heavy atom. The van der Waals surface area contributed by atoms with Crippen molar-refractivity contribution in [3.8, 4) is 0 Å². The summed E-state index contributed by atoms with van der Waals surface area (Å²) in [6.45, 7) is 5.94. The van der Waals surface area contributed by atoms with Crippen LogP contribution >= 0.6 is 11.3 Å². The lowest BCUT2D eigenvalue weighted by Crippen LogP contribution is -2.37. The van der Waals surface area contributed by atoms with Crippen molar-refractivity contribution in [2.75, 3.05) is 13.1 Å². The van der Waals surface area contributed by atoms with Gasteiger partial charge in [-0.2, -0.15) is 0 Å². The van der Waals surface area contributed by atoms with Crippen molar-refractivity contribution in [3.05, 3.63) is 16.1 Å². The molecule has 4 nitrogen and oxygen atoms in total. The van der Waals surface area contributed by atoms with Gasteiger partial charge in [0.25, 0.3) is 5.91 Å². The molecule has 2 N–H and O–H groups in total. The first kappa shape index (κ1) is 12.5. The molecule has 1 aromatic heterocycles. The minimum Gasteiger partial charge on any atom is -0.349 e. The van der Waals surface area contributed by atoms with Crippen LogP contribution in [-0.2, 0) is 0 Å². The van der Waals surface area contributed by atoms with Crippen molar-refractivity contribution in [1.82, 2.24) is 15.6 Å². The van der Waals surface area contributed by atoms with Gasteiger partial charge in [-0.15, -0.1) is 11.3 Å². The summed E-state index contributed by atoms with van der Waals surface area (Å²) in [4.78, 5) is 16.2. The van der Waals surface area contributed by atoms with Crippen LogP contribution in [0.15, 0.2) is 5.38 Å². The smallest absolute Gasteiger partial charge is 0.270 e. The highest BCUT2D eigenvalue weighted by atomic mass is 32.1. The van der Waals surface area contributed by atoms with Crippen molar-refractivity contribution in [3.63, 3.8) is 0 Å². The Morgan fingerprint density at radius 2 is 2.53 bits per heavy atom. The van der Waals surface area contributed by atoms with Gasteiger partial charge >= 0.3 is 0 Å². The first-order valence-electron chi connectivity index (χ1n) is 6.14. The van der Waals surface area contributed by atoms with Crippen LogP contribution in [0.3, 0.4) is 0 Å². The highest BCUT2D eigenvalue weighted by molar-refractivity contribution is 7.09. The zero-order valence-electron chi connectivity index (χ0n) is 10.3. The van der Waals surface area contributed by atoms with E-state index in [1.807, 2.05) is 5.38 Å². The fourth-order valence-corrected chi connectivity index (χ4v) is 2.71. The average Bonchev–Trinajstić information content (AvgIpc) is 2.96. The summed E-state index contributed by atoms with van der Waals surface area (Å²) in [6.07, 6.45) is 2.35. The number of aromatic nitrogens is 1. The molecule has 0 aliphatic carbocycles. The van der Waals surface area contributed by atoms with Gasteiger partial charge in [0, 0.05) is 23.9 Å². The van der Waals surface area contributed by atoms with Crippen LogP contribution in [0.2, 0.25) is 0 Å². The summed E-state index contributed by atoms with van der Waals surface area (Å²) < 4.78 is 0. The SMILES string of the molecule is CC(C)c1nc(C(=O)NCC2CCCN2)cs1. The van der Waals surface area contributed by atoms with E-state index in [-0.39, 0.29) is 5.91 Å². The largest absolute Gasteiger partial charge is 0.349 e. The average molecular weight is 253 g/mol. The number of amides is 1. The molecule has 1 aliphatic heterocycles. The van der Waals surface area contributed by atoms with Crippen LogP contribution in [0.25, 0.3) is 0 Å². The van der Waals surface area contributed by atoms with Gasteiger partial charge in [-0.1, -0.05) is 13.8 Å². The van der Waals surface area contributed by atoms with Gasteiger partial charge in [0.15, 0.2) is 0 Å². The Bertz CT molecular complexity index is 383. The molecule has 17 heavy (non-hydrogen) atoms. The predicted molar refractivity (Wildman–Crippen MR) is 69.6 cm³/mol.